The zero-order valence-electron chi connectivity index (χ0n) is 11.9. The molecule has 2 saturated heterocycles. The van der Waals surface area contributed by atoms with Crippen molar-refractivity contribution < 1.29 is 13.5 Å². The largest absolute Gasteiger partial charge is 0.393 e. The van der Waals surface area contributed by atoms with Crippen LogP contribution in [0.15, 0.2) is 23.1 Å². The Balaban J connectivity index is 2.00. The predicted molar refractivity (Wildman–Crippen MR) is 77.0 cm³/mol. The van der Waals surface area contributed by atoms with Crippen molar-refractivity contribution in [2.75, 3.05) is 0 Å². The van der Waals surface area contributed by atoms with Crippen LogP contribution in [0.4, 0.5) is 0 Å². The normalized spacial score (nSPS) is 30.6. The molecule has 2 unspecified atom stereocenters. The lowest BCUT2D eigenvalue weighted by atomic mass is 10.0. The number of fused-ring (bicyclic) bond motifs is 2. The third-order valence-corrected chi connectivity index (χ3v) is 6.39. The first kappa shape index (κ1) is 14.0. The predicted octanol–water partition coefficient (Wildman–Crippen LogP) is 1.98. The highest BCUT2D eigenvalue weighted by molar-refractivity contribution is 7.89. The lowest BCUT2D eigenvalue weighted by Crippen LogP contribution is -2.47. The van der Waals surface area contributed by atoms with Gasteiger partial charge < -0.3 is 5.11 Å². The number of nitrogens with zero attached hydrogens (tertiary/aromatic N) is 1. The van der Waals surface area contributed by atoms with E-state index in [1.807, 2.05) is 19.9 Å². The molecule has 0 aliphatic carbocycles. The van der Waals surface area contributed by atoms with E-state index in [4.69, 9.17) is 0 Å². The third-order valence-electron chi connectivity index (χ3n) is 4.41. The number of aryl methyl sites for hydroxylation is 2. The van der Waals surface area contributed by atoms with Gasteiger partial charge in [0.15, 0.2) is 0 Å². The molecule has 1 aromatic rings. The zero-order valence-corrected chi connectivity index (χ0v) is 12.7. The summed E-state index contributed by atoms with van der Waals surface area (Å²) >= 11 is 0. The molecule has 1 N–H and O–H groups in total. The van der Waals surface area contributed by atoms with Gasteiger partial charge in [-0.05, 0) is 62.8 Å². The summed E-state index contributed by atoms with van der Waals surface area (Å²) in [5.41, 5.74) is 1.93. The summed E-state index contributed by atoms with van der Waals surface area (Å²) in [6.45, 7) is 3.83. The van der Waals surface area contributed by atoms with Crippen LogP contribution in [0.2, 0.25) is 0 Å². The van der Waals surface area contributed by atoms with Crippen LogP contribution < -0.4 is 0 Å². The highest BCUT2D eigenvalue weighted by Gasteiger charge is 2.46. The van der Waals surface area contributed by atoms with Gasteiger partial charge in [-0.25, -0.2) is 8.42 Å². The first-order chi connectivity index (χ1) is 9.38. The number of hydrogen-bond donors (Lipinski definition) is 1. The van der Waals surface area contributed by atoms with Crippen LogP contribution >= 0.6 is 0 Å². The first-order valence-corrected chi connectivity index (χ1v) is 8.62. The van der Waals surface area contributed by atoms with Gasteiger partial charge in [0.2, 0.25) is 10.0 Å². The fourth-order valence-corrected chi connectivity index (χ4v) is 5.78. The van der Waals surface area contributed by atoms with Crippen molar-refractivity contribution in [3.05, 3.63) is 29.3 Å². The van der Waals surface area contributed by atoms with E-state index in [-0.39, 0.29) is 18.2 Å². The smallest absolute Gasteiger partial charge is 0.243 e. The number of aliphatic hydroxyl groups is 1. The van der Waals surface area contributed by atoms with Crippen molar-refractivity contribution in [1.29, 1.82) is 0 Å². The molecule has 2 bridgehead atoms. The van der Waals surface area contributed by atoms with E-state index in [0.717, 1.165) is 24.0 Å². The maximum absolute atomic E-state index is 12.9. The van der Waals surface area contributed by atoms with E-state index in [0.29, 0.717) is 17.7 Å². The highest BCUT2D eigenvalue weighted by Crippen LogP contribution is 2.39. The fraction of sp³-hybridized carbons (Fsp3) is 0.600. The number of benzene rings is 1. The number of aliphatic hydroxyl groups excluding tert-OH is 1. The van der Waals surface area contributed by atoms with Gasteiger partial charge >= 0.3 is 0 Å². The molecule has 0 amide bonds. The summed E-state index contributed by atoms with van der Waals surface area (Å²) in [6, 6.07) is 5.40. The third kappa shape index (κ3) is 2.28. The Morgan fingerprint density at radius 1 is 1.05 bits per heavy atom. The Morgan fingerprint density at radius 3 is 2.05 bits per heavy atom. The number of hydrogen-bond acceptors (Lipinski definition) is 3. The topological polar surface area (TPSA) is 57.6 Å². The molecular formula is C15H21NO3S. The Bertz CT molecular complexity index is 592. The summed E-state index contributed by atoms with van der Waals surface area (Å²) in [4.78, 5) is 0.392. The number of rotatable bonds is 2. The minimum absolute atomic E-state index is 0.0328. The summed E-state index contributed by atoms with van der Waals surface area (Å²) in [5, 5.41) is 9.81. The van der Waals surface area contributed by atoms with E-state index in [9.17, 15) is 13.5 Å². The van der Waals surface area contributed by atoms with Crippen LogP contribution in [0, 0.1) is 13.8 Å². The molecule has 2 fully saturated rings. The van der Waals surface area contributed by atoms with Crippen LogP contribution in [0.5, 0.6) is 0 Å². The number of sulfonamides is 1. The van der Waals surface area contributed by atoms with E-state index >= 15 is 0 Å². The Kier molecular flexibility index (Phi) is 3.39. The standard InChI is InChI=1S/C15H21NO3S/c1-10-5-11(2)7-15(6-10)20(18,19)16-12-3-4-13(16)9-14(17)8-12/h5-7,12-14,17H,3-4,8-9H2,1-2H3. The van der Waals surface area contributed by atoms with Crippen LogP contribution in [0.25, 0.3) is 0 Å². The molecular weight excluding hydrogens is 274 g/mol. The van der Waals surface area contributed by atoms with Gasteiger partial charge in [-0.2, -0.15) is 4.31 Å². The quantitative estimate of drug-likeness (QED) is 0.907. The van der Waals surface area contributed by atoms with Crippen LogP contribution in [-0.2, 0) is 10.0 Å². The molecule has 0 saturated carbocycles. The van der Waals surface area contributed by atoms with Gasteiger partial charge in [-0.3, -0.25) is 0 Å². The second-order valence-electron chi connectivity index (χ2n) is 6.17. The second-order valence-corrected chi connectivity index (χ2v) is 8.01. The van der Waals surface area contributed by atoms with E-state index in [2.05, 4.69) is 0 Å². The molecule has 4 nitrogen and oxygen atoms in total. The second kappa shape index (κ2) is 4.83. The monoisotopic (exact) mass is 295 g/mol. The molecule has 0 spiro atoms. The van der Waals surface area contributed by atoms with Crippen molar-refractivity contribution in [2.24, 2.45) is 0 Å². The van der Waals surface area contributed by atoms with Crippen molar-refractivity contribution in [3.8, 4) is 0 Å². The molecule has 0 aromatic heterocycles. The van der Waals surface area contributed by atoms with Gasteiger partial charge in [0.25, 0.3) is 0 Å². The average molecular weight is 295 g/mol. The lowest BCUT2D eigenvalue weighted by Gasteiger charge is -2.36. The molecule has 0 radical (unpaired) electrons. The van der Waals surface area contributed by atoms with Gasteiger partial charge in [0.05, 0.1) is 11.0 Å². The molecule has 3 rings (SSSR count). The Labute approximate surface area is 120 Å². The van der Waals surface area contributed by atoms with Crippen LogP contribution in [0.1, 0.15) is 36.8 Å². The van der Waals surface area contributed by atoms with E-state index in [1.54, 1.807) is 16.4 Å². The minimum atomic E-state index is -3.44. The maximum Gasteiger partial charge on any atom is 0.243 e. The molecule has 2 atom stereocenters. The number of piperidine rings is 1. The lowest BCUT2D eigenvalue weighted by molar-refractivity contribution is 0.0768. The van der Waals surface area contributed by atoms with E-state index < -0.39 is 10.0 Å². The van der Waals surface area contributed by atoms with E-state index in [1.165, 1.54) is 0 Å². The van der Waals surface area contributed by atoms with Crippen molar-refractivity contribution in [2.45, 2.75) is 62.6 Å². The summed E-state index contributed by atoms with van der Waals surface area (Å²) in [5.74, 6) is 0. The molecule has 5 heteroatoms. The van der Waals surface area contributed by atoms with Gasteiger partial charge in [-0.15, -0.1) is 0 Å². The molecule has 110 valence electrons. The maximum atomic E-state index is 12.9. The van der Waals surface area contributed by atoms with Crippen LogP contribution in [-0.4, -0.2) is 36.0 Å². The SMILES string of the molecule is Cc1cc(C)cc(S(=O)(=O)N2C3CCC2CC(O)C3)c1. The van der Waals surface area contributed by atoms with Crippen molar-refractivity contribution >= 4 is 10.0 Å². The Hall–Kier alpha value is -0.910. The minimum Gasteiger partial charge on any atom is -0.393 e. The average Bonchev–Trinajstić information content (AvgIpc) is 2.62. The highest BCUT2D eigenvalue weighted by atomic mass is 32.2. The van der Waals surface area contributed by atoms with Gasteiger partial charge in [0.1, 0.15) is 0 Å². The molecule has 2 heterocycles. The molecule has 2 aliphatic rings. The van der Waals surface area contributed by atoms with Crippen molar-refractivity contribution in [3.63, 3.8) is 0 Å². The van der Waals surface area contributed by atoms with Crippen LogP contribution in [0.3, 0.4) is 0 Å². The summed E-state index contributed by atoms with van der Waals surface area (Å²) in [6.07, 6.45) is 2.52. The van der Waals surface area contributed by atoms with Gasteiger partial charge in [-0.1, -0.05) is 6.07 Å². The fourth-order valence-electron chi connectivity index (χ4n) is 3.70. The summed E-state index contributed by atoms with van der Waals surface area (Å²) < 4.78 is 27.5. The zero-order chi connectivity index (χ0) is 14.5. The van der Waals surface area contributed by atoms with Crippen molar-refractivity contribution in [1.82, 2.24) is 4.31 Å². The molecule has 1 aromatic carbocycles. The molecule has 2 aliphatic heterocycles. The first-order valence-electron chi connectivity index (χ1n) is 7.18. The van der Waals surface area contributed by atoms with Gasteiger partial charge in [0, 0.05) is 12.1 Å². The summed E-state index contributed by atoms with van der Waals surface area (Å²) in [7, 11) is -3.44. The Morgan fingerprint density at radius 2 is 1.55 bits per heavy atom. The molecule has 20 heavy (non-hydrogen) atoms.